The van der Waals surface area contributed by atoms with Crippen molar-refractivity contribution in [3.8, 4) is 0 Å². The van der Waals surface area contributed by atoms with Gasteiger partial charge in [0.15, 0.2) is 0 Å². The number of carbonyl (C=O) groups is 1. The van der Waals surface area contributed by atoms with Gasteiger partial charge in [-0.15, -0.1) is 0 Å². The first kappa shape index (κ1) is 21.8. The van der Waals surface area contributed by atoms with Gasteiger partial charge in [-0.2, -0.15) is 4.31 Å². The summed E-state index contributed by atoms with van der Waals surface area (Å²) in [5.41, 5.74) is 3.67. The summed E-state index contributed by atoms with van der Waals surface area (Å²) >= 11 is 0. The maximum Gasteiger partial charge on any atom is 0.243 e. The second-order valence-corrected chi connectivity index (χ2v) is 11.4. The number of nitrogens with one attached hydrogen (secondary N) is 1. The highest BCUT2D eigenvalue weighted by molar-refractivity contribution is 7.89. The average molecular weight is 434 g/mol. The molecule has 2 aliphatic heterocycles. The van der Waals surface area contributed by atoms with Crippen LogP contribution in [-0.2, 0) is 14.8 Å². The minimum Gasteiger partial charge on any atom is -0.352 e. The molecule has 1 aromatic rings. The highest BCUT2D eigenvalue weighted by Crippen LogP contribution is 2.32. The number of piperidine rings is 1. The van der Waals surface area contributed by atoms with Crippen LogP contribution in [0.25, 0.3) is 0 Å². The summed E-state index contributed by atoms with van der Waals surface area (Å²) in [7, 11) is -3.55. The van der Waals surface area contributed by atoms with Crippen molar-refractivity contribution in [2.24, 2.45) is 5.92 Å². The fourth-order valence-electron chi connectivity index (χ4n) is 5.05. The molecule has 1 aromatic carbocycles. The van der Waals surface area contributed by atoms with Gasteiger partial charge in [-0.25, -0.2) is 8.42 Å². The predicted octanol–water partition coefficient (Wildman–Crippen LogP) is 2.67. The molecule has 1 N–H and O–H groups in total. The molecule has 0 spiro atoms. The van der Waals surface area contributed by atoms with Gasteiger partial charge in [0.25, 0.3) is 0 Å². The summed E-state index contributed by atoms with van der Waals surface area (Å²) in [5, 5.41) is 3.23. The minimum absolute atomic E-state index is 0.0899. The fraction of sp³-hybridized carbons (Fsp3) is 0.696. The van der Waals surface area contributed by atoms with Crippen LogP contribution in [0.3, 0.4) is 0 Å². The molecule has 0 radical (unpaired) electrons. The minimum atomic E-state index is -3.55. The van der Waals surface area contributed by atoms with Gasteiger partial charge in [0.2, 0.25) is 15.9 Å². The molecule has 3 aliphatic rings. The van der Waals surface area contributed by atoms with Crippen molar-refractivity contribution in [3.05, 3.63) is 28.3 Å². The highest BCUT2D eigenvalue weighted by atomic mass is 32.2. The third-order valence-corrected chi connectivity index (χ3v) is 9.52. The van der Waals surface area contributed by atoms with E-state index in [0.29, 0.717) is 30.8 Å². The lowest BCUT2D eigenvalue weighted by Gasteiger charge is -2.32. The van der Waals surface area contributed by atoms with Crippen molar-refractivity contribution in [3.63, 3.8) is 0 Å². The first-order chi connectivity index (χ1) is 14.2. The molecule has 0 aromatic heterocycles. The largest absolute Gasteiger partial charge is 0.352 e. The molecule has 4 rings (SSSR count). The Balaban J connectivity index is 1.38. The van der Waals surface area contributed by atoms with Crippen molar-refractivity contribution in [2.45, 2.75) is 76.8 Å². The van der Waals surface area contributed by atoms with E-state index in [1.807, 2.05) is 33.8 Å². The molecule has 2 saturated heterocycles. The maximum atomic E-state index is 13.4. The van der Waals surface area contributed by atoms with E-state index in [-0.39, 0.29) is 17.9 Å². The first-order valence-corrected chi connectivity index (χ1v) is 12.7. The summed E-state index contributed by atoms with van der Waals surface area (Å²) in [6.45, 7) is 10.6. The SMILES string of the molecule is Cc1cc(C)c(C)c(S(=O)(=O)N2CCC(C(=O)NC3CCN(C4CC4)C3)CC2)c1C. The lowest BCUT2D eigenvalue weighted by Crippen LogP contribution is -2.46. The van der Waals surface area contributed by atoms with Crippen molar-refractivity contribution in [2.75, 3.05) is 26.2 Å². The molecule has 3 fully saturated rings. The summed E-state index contributed by atoms with van der Waals surface area (Å²) in [4.78, 5) is 15.7. The van der Waals surface area contributed by atoms with E-state index in [1.165, 1.54) is 12.8 Å². The van der Waals surface area contributed by atoms with Crippen LogP contribution < -0.4 is 5.32 Å². The van der Waals surface area contributed by atoms with Crippen LogP contribution >= 0.6 is 0 Å². The van der Waals surface area contributed by atoms with E-state index in [4.69, 9.17) is 0 Å². The van der Waals surface area contributed by atoms with Gasteiger partial charge in [0.1, 0.15) is 0 Å². The molecule has 166 valence electrons. The van der Waals surface area contributed by atoms with Crippen LogP contribution in [0.1, 0.15) is 54.4 Å². The third-order valence-electron chi connectivity index (χ3n) is 7.35. The lowest BCUT2D eigenvalue weighted by atomic mass is 9.97. The molecule has 1 saturated carbocycles. The van der Waals surface area contributed by atoms with Crippen molar-refractivity contribution < 1.29 is 13.2 Å². The van der Waals surface area contributed by atoms with Gasteiger partial charge in [-0.3, -0.25) is 9.69 Å². The number of rotatable bonds is 5. The second-order valence-electron chi connectivity index (χ2n) is 9.49. The summed E-state index contributed by atoms with van der Waals surface area (Å²) in [6.07, 6.45) is 4.81. The van der Waals surface area contributed by atoms with Gasteiger partial charge in [-0.05, 0) is 82.1 Å². The molecule has 30 heavy (non-hydrogen) atoms. The van der Waals surface area contributed by atoms with Crippen LogP contribution in [0.4, 0.5) is 0 Å². The van der Waals surface area contributed by atoms with E-state index in [2.05, 4.69) is 10.2 Å². The molecular weight excluding hydrogens is 398 g/mol. The van der Waals surface area contributed by atoms with Crippen LogP contribution in [0.15, 0.2) is 11.0 Å². The molecule has 1 aliphatic carbocycles. The van der Waals surface area contributed by atoms with Crippen LogP contribution in [-0.4, -0.2) is 61.8 Å². The Kier molecular flexibility index (Phi) is 5.99. The average Bonchev–Trinajstić information content (AvgIpc) is 3.46. The maximum absolute atomic E-state index is 13.4. The Hall–Kier alpha value is -1.44. The number of benzene rings is 1. The Labute approximate surface area is 181 Å². The monoisotopic (exact) mass is 433 g/mol. The van der Waals surface area contributed by atoms with E-state index < -0.39 is 10.0 Å². The normalized spacial score (nSPS) is 24.3. The van der Waals surface area contributed by atoms with E-state index in [0.717, 1.165) is 47.8 Å². The summed E-state index contributed by atoms with van der Waals surface area (Å²) in [5.74, 6) is 0.0151. The van der Waals surface area contributed by atoms with Crippen molar-refractivity contribution in [1.82, 2.24) is 14.5 Å². The first-order valence-electron chi connectivity index (χ1n) is 11.3. The van der Waals surface area contributed by atoms with E-state index >= 15 is 0 Å². The van der Waals surface area contributed by atoms with Crippen molar-refractivity contribution in [1.29, 1.82) is 0 Å². The topological polar surface area (TPSA) is 69.7 Å². The number of aryl methyl sites for hydroxylation is 2. The second kappa shape index (κ2) is 8.24. The van der Waals surface area contributed by atoms with Crippen molar-refractivity contribution >= 4 is 15.9 Å². The third kappa shape index (κ3) is 4.16. The van der Waals surface area contributed by atoms with Crippen LogP contribution in [0, 0.1) is 33.6 Å². The van der Waals surface area contributed by atoms with E-state index in [1.54, 1.807) is 4.31 Å². The quantitative estimate of drug-likeness (QED) is 0.775. The molecule has 0 bridgehead atoms. The van der Waals surface area contributed by atoms with Crippen LogP contribution in [0.5, 0.6) is 0 Å². The number of sulfonamides is 1. The number of hydrogen-bond acceptors (Lipinski definition) is 4. The van der Waals surface area contributed by atoms with Gasteiger partial charge in [-0.1, -0.05) is 6.07 Å². The Morgan fingerprint density at radius 1 is 0.933 bits per heavy atom. The zero-order valence-corrected chi connectivity index (χ0v) is 19.5. The highest BCUT2D eigenvalue weighted by Gasteiger charge is 2.37. The predicted molar refractivity (Wildman–Crippen MR) is 118 cm³/mol. The summed E-state index contributed by atoms with van der Waals surface area (Å²) < 4.78 is 28.4. The number of likely N-dealkylation sites (tertiary alicyclic amines) is 1. The van der Waals surface area contributed by atoms with Gasteiger partial charge >= 0.3 is 0 Å². The fourth-order valence-corrected chi connectivity index (χ4v) is 7.10. The number of hydrogen-bond donors (Lipinski definition) is 1. The molecule has 2 heterocycles. The molecule has 1 unspecified atom stereocenters. The lowest BCUT2D eigenvalue weighted by molar-refractivity contribution is -0.126. The molecule has 1 atom stereocenters. The molecule has 7 heteroatoms. The number of amides is 1. The zero-order valence-electron chi connectivity index (χ0n) is 18.7. The number of carbonyl (C=O) groups excluding carboxylic acids is 1. The number of nitrogens with zero attached hydrogens (tertiary/aromatic N) is 2. The smallest absolute Gasteiger partial charge is 0.243 e. The Bertz CT molecular complexity index is 905. The summed E-state index contributed by atoms with van der Waals surface area (Å²) in [6, 6.07) is 3.05. The van der Waals surface area contributed by atoms with Gasteiger partial charge in [0.05, 0.1) is 4.90 Å². The van der Waals surface area contributed by atoms with Gasteiger partial charge in [0, 0.05) is 44.2 Å². The van der Waals surface area contributed by atoms with Crippen LogP contribution in [0.2, 0.25) is 0 Å². The Morgan fingerprint density at radius 2 is 1.53 bits per heavy atom. The standard InChI is InChI=1S/C23H35N3O3S/c1-15-13-16(2)18(4)22(17(15)3)30(28,29)26-11-7-19(8-12-26)23(27)24-20-9-10-25(14-20)21-5-6-21/h13,19-21H,5-12,14H2,1-4H3,(H,24,27). The Morgan fingerprint density at radius 3 is 2.10 bits per heavy atom. The molecular formula is C23H35N3O3S. The van der Waals surface area contributed by atoms with Gasteiger partial charge < -0.3 is 5.32 Å². The zero-order chi connectivity index (χ0) is 21.6. The molecule has 6 nitrogen and oxygen atoms in total. The molecule has 1 amide bonds. The van der Waals surface area contributed by atoms with E-state index in [9.17, 15) is 13.2 Å².